The molecule has 5 rings (SSSR count). The largest absolute Gasteiger partial charge is 0.478 e. The highest BCUT2D eigenvalue weighted by Crippen LogP contribution is 2.35. The van der Waals surface area contributed by atoms with Crippen molar-refractivity contribution in [3.63, 3.8) is 0 Å². The van der Waals surface area contributed by atoms with E-state index in [2.05, 4.69) is 15.5 Å². The Morgan fingerprint density at radius 3 is 2.57 bits per heavy atom. The Labute approximate surface area is 210 Å². The molecule has 0 unspecified atom stereocenters. The molecular formula is C28H22FN3O5. The third-order valence-corrected chi connectivity index (χ3v) is 6.10. The molecule has 0 saturated carbocycles. The number of carboxylic acids is 1. The molecule has 0 fully saturated rings. The maximum absolute atomic E-state index is 15.2. The number of H-pyrrole nitrogens is 1. The molecule has 0 radical (unpaired) electrons. The fraction of sp³-hybridized carbons (Fsp3) is 0.107. The Morgan fingerprint density at radius 1 is 1.08 bits per heavy atom. The first-order valence-corrected chi connectivity index (χ1v) is 11.5. The number of hydrogen-bond donors (Lipinski definition) is 3. The third kappa shape index (κ3) is 4.66. The van der Waals surface area contributed by atoms with Crippen LogP contribution in [0.15, 0.2) is 77.4 Å². The molecule has 37 heavy (non-hydrogen) atoms. The highest BCUT2D eigenvalue weighted by molar-refractivity contribution is 6.04. The summed E-state index contributed by atoms with van der Waals surface area (Å²) in [6.45, 7) is 3.42. The van der Waals surface area contributed by atoms with E-state index in [0.29, 0.717) is 33.3 Å². The summed E-state index contributed by atoms with van der Waals surface area (Å²) in [6, 6.07) is 18.8. The van der Waals surface area contributed by atoms with Crippen LogP contribution in [-0.4, -0.2) is 27.3 Å². The molecule has 186 valence electrons. The zero-order valence-electron chi connectivity index (χ0n) is 19.9. The standard InChI is InChI=1S/C28H22FN3O5/c1-15-25(31-28(35)36-16(2)17-6-4-3-5-7-17)26(37-32-15)19-9-10-20(23(29)12-19)18-8-11-21-22(27(33)34)14-30-24(21)13-18/h3-14,16,30H,1-2H3,(H,31,35)(H,33,34)/t16-/m1/s1. The number of aromatic carboxylic acids is 1. The van der Waals surface area contributed by atoms with E-state index in [0.717, 1.165) is 5.56 Å². The van der Waals surface area contributed by atoms with Crippen molar-refractivity contribution in [2.75, 3.05) is 5.32 Å². The van der Waals surface area contributed by atoms with Gasteiger partial charge in [0, 0.05) is 28.2 Å². The van der Waals surface area contributed by atoms with Crippen molar-refractivity contribution in [3.05, 3.63) is 95.6 Å². The first-order chi connectivity index (χ1) is 17.8. The quantitative estimate of drug-likeness (QED) is 0.233. The van der Waals surface area contributed by atoms with Gasteiger partial charge < -0.3 is 19.4 Å². The zero-order valence-corrected chi connectivity index (χ0v) is 19.9. The van der Waals surface area contributed by atoms with Crippen molar-refractivity contribution in [1.82, 2.24) is 10.1 Å². The Kier molecular flexibility index (Phi) is 6.19. The summed E-state index contributed by atoms with van der Waals surface area (Å²) in [4.78, 5) is 26.8. The summed E-state index contributed by atoms with van der Waals surface area (Å²) in [5.74, 6) is -1.37. The average Bonchev–Trinajstić information content (AvgIpc) is 3.47. The van der Waals surface area contributed by atoms with Crippen LogP contribution in [0.1, 0.15) is 34.6 Å². The van der Waals surface area contributed by atoms with Gasteiger partial charge in [-0.3, -0.25) is 5.32 Å². The number of nitrogens with one attached hydrogen (secondary N) is 2. The predicted octanol–water partition coefficient (Wildman–Crippen LogP) is 6.95. The number of benzene rings is 3. The van der Waals surface area contributed by atoms with Gasteiger partial charge in [0.15, 0.2) is 5.76 Å². The van der Waals surface area contributed by atoms with Crippen molar-refractivity contribution < 1.29 is 28.3 Å². The van der Waals surface area contributed by atoms with Crippen LogP contribution in [0.5, 0.6) is 0 Å². The molecule has 9 heteroatoms. The summed E-state index contributed by atoms with van der Waals surface area (Å²) < 4.78 is 26.1. The van der Waals surface area contributed by atoms with Gasteiger partial charge >= 0.3 is 12.1 Å². The highest BCUT2D eigenvalue weighted by atomic mass is 19.1. The maximum atomic E-state index is 15.2. The molecule has 0 aliphatic carbocycles. The van der Waals surface area contributed by atoms with E-state index in [-0.39, 0.29) is 17.0 Å². The summed E-state index contributed by atoms with van der Waals surface area (Å²) in [5.41, 5.74) is 3.53. The number of fused-ring (bicyclic) bond motifs is 1. The van der Waals surface area contributed by atoms with E-state index in [1.807, 2.05) is 30.3 Å². The number of nitrogens with zero attached hydrogens (tertiary/aromatic N) is 1. The van der Waals surface area contributed by atoms with Crippen molar-refractivity contribution in [2.24, 2.45) is 0 Å². The lowest BCUT2D eigenvalue weighted by Gasteiger charge is -2.14. The number of anilines is 1. The number of halogens is 1. The molecule has 3 aromatic carbocycles. The second-order valence-corrected chi connectivity index (χ2v) is 8.52. The fourth-order valence-electron chi connectivity index (χ4n) is 4.16. The molecular weight excluding hydrogens is 477 g/mol. The van der Waals surface area contributed by atoms with Crippen LogP contribution in [0.2, 0.25) is 0 Å². The molecule has 0 spiro atoms. The number of aromatic amines is 1. The monoisotopic (exact) mass is 499 g/mol. The summed E-state index contributed by atoms with van der Waals surface area (Å²) >= 11 is 0. The molecule has 2 aromatic heterocycles. The van der Waals surface area contributed by atoms with E-state index >= 15 is 4.39 Å². The number of ether oxygens (including phenoxy) is 1. The first-order valence-electron chi connectivity index (χ1n) is 11.5. The molecule has 5 aromatic rings. The first kappa shape index (κ1) is 23.8. The number of carbonyl (C=O) groups excluding carboxylic acids is 1. The Balaban J connectivity index is 1.39. The van der Waals surface area contributed by atoms with Crippen LogP contribution < -0.4 is 5.32 Å². The van der Waals surface area contributed by atoms with Crippen LogP contribution in [0.3, 0.4) is 0 Å². The van der Waals surface area contributed by atoms with Gasteiger partial charge in [-0.15, -0.1) is 0 Å². The second-order valence-electron chi connectivity index (χ2n) is 8.52. The van der Waals surface area contributed by atoms with E-state index < -0.39 is 24.0 Å². The van der Waals surface area contributed by atoms with Crippen molar-refractivity contribution in [3.8, 4) is 22.5 Å². The van der Waals surface area contributed by atoms with E-state index in [9.17, 15) is 14.7 Å². The lowest BCUT2D eigenvalue weighted by Crippen LogP contribution is -2.16. The summed E-state index contributed by atoms with van der Waals surface area (Å²) in [7, 11) is 0. The number of carbonyl (C=O) groups is 2. The number of aromatic nitrogens is 2. The van der Waals surface area contributed by atoms with Crippen LogP contribution in [0.25, 0.3) is 33.4 Å². The van der Waals surface area contributed by atoms with Crippen LogP contribution in [0.4, 0.5) is 14.9 Å². The smallest absolute Gasteiger partial charge is 0.412 e. The zero-order chi connectivity index (χ0) is 26.1. The number of rotatable bonds is 6. The molecule has 0 aliphatic heterocycles. The van der Waals surface area contributed by atoms with Gasteiger partial charge in [-0.05, 0) is 37.1 Å². The molecule has 1 amide bonds. The van der Waals surface area contributed by atoms with Crippen molar-refractivity contribution >= 4 is 28.7 Å². The second kappa shape index (κ2) is 9.62. The summed E-state index contributed by atoms with van der Waals surface area (Å²) in [6.07, 6.45) is 0.230. The Morgan fingerprint density at radius 2 is 1.84 bits per heavy atom. The van der Waals surface area contributed by atoms with Gasteiger partial charge in [-0.25, -0.2) is 14.0 Å². The molecule has 0 saturated heterocycles. The topological polar surface area (TPSA) is 117 Å². The Hall–Kier alpha value is -4.92. The van der Waals surface area contributed by atoms with Crippen molar-refractivity contribution in [2.45, 2.75) is 20.0 Å². The van der Waals surface area contributed by atoms with Gasteiger partial charge in [0.2, 0.25) is 0 Å². The predicted molar refractivity (Wildman–Crippen MR) is 136 cm³/mol. The number of carboxylic acid groups (broad SMARTS) is 1. The van der Waals surface area contributed by atoms with Gasteiger partial charge in [0.05, 0.1) is 5.56 Å². The third-order valence-electron chi connectivity index (χ3n) is 6.10. The van der Waals surface area contributed by atoms with Crippen LogP contribution >= 0.6 is 0 Å². The molecule has 2 heterocycles. The normalized spacial score (nSPS) is 11.9. The Bertz CT molecular complexity index is 1620. The van der Waals surface area contributed by atoms with Gasteiger partial charge in [0.1, 0.15) is 23.3 Å². The lowest BCUT2D eigenvalue weighted by atomic mass is 10.00. The lowest BCUT2D eigenvalue weighted by molar-refractivity contribution is 0.0699. The number of aryl methyl sites for hydroxylation is 1. The van der Waals surface area contributed by atoms with Crippen LogP contribution in [0, 0.1) is 12.7 Å². The van der Waals surface area contributed by atoms with Crippen molar-refractivity contribution in [1.29, 1.82) is 0 Å². The highest BCUT2D eigenvalue weighted by Gasteiger charge is 2.21. The number of hydrogen-bond acceptors (Lipinski definition) is 5. The van der Waals surface area contributed by atoms with Gasteiger partial charge in [-0.1, -0.05) is 59.8 Å². The minimum atomic E-state index is -1.04. The molecule has 0 bridgehead atoms. The summed E-state index contributed by atoms with van der Waals surface area (Å²) in [5, 5.41) is 16.4. The number of amides is 1. The molecule has 0 aliphatic rings. The SMILES string of the molecule is Cc1noc(-c2ccc(-c3ccc4c(C(=O)O)c[nH]c4c3)c(F)c2)c1NC(=O)O[C@H](C)c1ccccc1. The fourth-order valence-corrected chi connectivity index (χ4v) is 4.16. The molecule has 1 atom stereocenters. The molecule has 8 nitrogen and oxygen atoms in total. The van der Waals surface area contributed by atoms with E-state index in [4.69, 9.17) is 9.26 Å². The minimum Gasteiger partial charge on any atom is -0.478 e. The van der Waals surface area contributed by atoms with E-state index in [1.165, 1.54) is 12.3 Å². The average molecular weight is 499 g/mol. The van der Waals surface area contributed by atoms with E-state index in [1.54, 1.807) is 44.2 Å². The molecule has 3 N–H and O–H groups in total. The van der Waals surface area contributed by atoms with Gasteiger partial charge in [-0.2, -0.15) is 0 Å². The van der Waals surface area contributed by atoms with Crippen LogP contribution in [-0.2, 0) is 4.74 Å². The maximum Gasteiger partial charge on any atom is 0.412 e. The minimum absolute atomic E-state index is 0.148. The van der Waals surface area contributed by atoms with Gasteiger partial charge in [0.25, 0.3) is 0 Å².